The van der Waals surface area contributed by atoms with Crippen LogP contribution in [0.15, 0.2) is 79.6 Å². The summed E-state index contributed by atoms with van der Waals surface area (Å²) in [6.07, 6.45) is 8.21. The Balaban J connectivity index is 1.89. The van der Waals surface area contributed by atoms with Crippen molar-refractivity contribution in [3.63, 3.8) is 0 Å². The summed E-state index contributed by atoms with van der Waals surface area (Å²) in [6, 6.07) is 15.8. The molecule has 1 aromatic heterocycles. The smallest absolute Gasteiger partial charge is 0.243 e. The molecule has 0 aliphatic rings. The first-order valence-electron chi connectivity index (χ1n) is 9.09. The highest BCUT2D eigenvalue weighted by molar-refractivity contribution is 7.93. The predicted molar refractivity (Wildman–Crippen MR) is 123 cm³/mol. The van der Waals surface area contributed by atoms with E-state index in [1.54, 1.807) is 68.0 Å². The summed E-state index contributed by atoms with van der Waals surface area (Å²) in [4.78, 5) is 3.96. The molecule has 30 heavy (non-hydrogen) atoms. The fraction of sp³-hybridized carbons (Fsp3) is 0.0870. The zero-order valence-electron chi connectivity index (χ0n) is 16.3. The first-order chi connectivity index (χ1) is 14.4. The van der Waals surface area contributed by atoms with Crippen LogP contribution in [0.4, 0.5) is 5.69 Å². The number of nitrogens with zero attached hydrogens (tertiary/aromatic N) is 1. The molecule has 0 bridgehead atoms. The van der Waals surface area contributed by atoms with Gasteiger partial charge >= 0.3 is 0 Å². The van der Waals surface area contributed by atoms with Gasteiger partial charge in [0.05, 0.1) is 17.8 Å². The van der Waals surface area contributed by atoms with Gasteiger partial charge in [-0.2, -0.15) is 0 Å². The molecule has 0 fully saturated rings. The maximum absolute atomic E-state index is 13.1. The molecule has 0 amide bonds. The highest BCUT2D eigenvalue weighted by atomic mass is 35.5. The Labute approximate surface area is 181 Å². The molecule has 1 atom stereocenters. The van der Waals surface area contributed by atoms with Crippen LogP contribution < -0.4 is 9.46 Å². The lowest BCUT2D eigenvalue weighted by Crippen LogP contribution is -2.20. The van der Waals surface area contributed by atoms with Crippen LogP contribution in [0.25, 0.3) is 12.2 Å². The number of anilines is 1. The van der Waals surface area contributed by atoms with Crippen molar-refractivity contribution in [1.82, 2.24) is 4.98 Å². The van der Waals surface area contributed by atoms with Gasteiger partial charge in [-0.05, 0) is 41.0 Å². The number of aromatic nitrogens is 1. The van der Waals surface area contributed by atoms with Crippen molar-refractivity contribution < 1.29 is 13.2 Å². The van der Waals surface area contributed by atoms with Crippen molar-refractivity contribution >= 4 is 39.5 Å². The SMILES string of the molecule is C=CC(c1ccc(OC)cc1)S(=O)(=O)Nc1ccccc1C=Cc1ccncc1Cl. The summed E-state index contributed by atoms with van der Waals surface area (Å²) in [5.74, 6) is 0.650. The molecule has 0 radical (unpaired) electrons. The molecule has 1 heterocycles. The molecule has 1 N–H and O–H groups in total. The van der Waals surface area contributed by atoms with Gasteiger partial charge in [-0.25, -0.2) is 8.42 Å². The highest BCUT2D eigenvalue weighted by Gasteiger charge is 2.25. The number of methoxy groups -OCH3 is 1. The number of benzene rings is 2. The molecule has 2 aromatic carbocycles. The standard InChI is InChI=1S/C23H21ClN2O3S/c1-3-23(19-10-12-20(29-2)13-11-19)30(27,28)26-22-7-5-4-6-18(22)9-8-17-14-15-25-16-21(17)24/h3-16,23,26H,1H2,2H3. The number of sulfonamides is 1. The summed E-state index contributed by atoms with van der Waals surface area (Å²) in [6.45, 7) is 3.71. The number of pyridine rings is 1. The largest absolute Gasteiger partial charge is 0.497 e. The van der Waals surface area contributed by atoms with Crippen molar-refractivity contribution in [3.05, 3.63) is 101 Å². The second-order valence-electron chi connectivity index (χ2n) is 6.39. The van der Waals surface area contributed by atoms with Crippen molar-refractivity contribution in [2.24, 2.45) is 0 Å². The van der Waals surface area contributed by atoms with E-state index in [1.165, 1.54) is 6.08 Å². The Morgan fingerprint density at radius 3 is 2.43 bits per heavy atom. The van der Waals surface area contributed by atoms with E-state index in [4.69, 9.17) is 16.3 Å². The Bertz CT molecular complexity index is 1160. The molecule has 0 saturated heterocycles. The van der Waals surface area contributed by atoms with Crippen molar-refractivity contribution in [2.45, 2.75) is 5.25 Å². The van der Waals surface area contributed by atoms with Crippen LogP contribution in [0, 0.1) is 0 Å². The first-order valence-corrected chi connectivity index (χ1v) is 11.0. The minimum atomic E-state index is -3.79. The Morgan fingerprint density at radius 2 is 1.77 bits per heavy atom. The lowest BCUT2D eigenvalue weighted by atomic mass is 10.1. The third-order valence-electron chi connectivity index (χ3n) is 4.45. The zero-order valence-corrected chi connectivity index (χ0v) is 17.9. The highest BCUT2D eigenvalue weighted by Crippen LogP contribution is 2.29. The first kappa shape index (κ1) is 21.6. The molecule has 0 saturated carbocycles. The quantitative estimate of drug-likeness (QED) is 0.464. The molecule has 7 heteroatoms. The van der Waals surface area contributed by atoms with Crippen LogP contribution in [0.1, 0.15) is 21.9 Å². The third kappa shape index (κ3) is 5.09. The van der Waals surface area contributed by atoms with Gasteiger partial charge in [0.25, 0.3) is 0 Å². The van der Waals surface area contributed by atoms with E-state index >= 15 is 0 Å². The van der Waals surface area contributed by atoms with E-state index < -0.39 is 15.3 Å². The van der Waals surface area contributed by atoms with E-state index in [-0.39, 0.29) is 0 Å². The van der Waals surface area contributed by atoms with Crippen molar-refractivity contribution in [3.8, 4) is 5.75 Å². The Kier molecular flexibility index (Phi) is 6.92. The van der Waals surface area contributed by atoms with Gasteiger partial charge in [-0.1, -0.05) is 60.2 Å². The monoisotopic (exact) mass is 440 g/mol. The van der Waals surface area contributed by atoms with Crippen LogP contribution in [0.5, 0.6) is 5.75 Å². The van der Waals surface area contributed by atoms with Crippen LogP contribution >= 0.6 is 11.6 Å². The summed E-state index contributed by atoms with van der Waals surface area (Å²) in [5.41, 5.74) is 2.53. The lowest BCUT2D eigenvalue weighted by molar-refractivity contribution is 0.414. The number of hydrogen-bond acceptors (Lipinski definition) is 4. The Morgan fingerprint density at radius 1 is 1.07 bits per heavy atom. The fourth-order valence-electron chi connectivity index (χ4n) is 2.89. The number of rotatable bonds is 8. The fourth-order valence-corrected chi connectivity index (χ4v) is 4.46. The van der Waals surface area contributed by atoms with Gasteiger partial charge in [0.1, 0.15) is 11.0 Å². The summed E-state index contributed by atoms with van der Waals surface area (Å²) >= 11 is 6.14. The normalized spacial score (nSPS) is 12.5. The molecule has 3 aromatic rings. The van der Waals surface area contributed by atoms with E-state index in [1.807, 2.05) is 18.2 Å². The van der Waals surface area contributed by atoms with E-state index in [0.717, 1.165) is 5.56 Å². The van der Waals surface area contributed by atoms with E-state index in [0.29, 0.717) is 27.6 Å². The van der Waals surface area contributed by atoms with Gasteiger partial charge in [0.2, 0.25) is 10.0 Å². The van der Waals surface area contributed by atoms with Crippen LogP contribution in [-0.4, -0.2) is 20.5 Å². The lowest BCUT2D eigenvalue weighted by Gasteiger charge is -2.17. The van der Waals surface area contributed by atoms with Crippen LogP contribution in [-0.2, 0) is 10.0 Å². The number of para-hydroxylation sites is 1. The molecule has 154 valence electrons. The number of ether oxygens (including phenoxy) is 1. The van der Waals surface area contributed by atoms with Crippen LogP contribution in [0.2, 0.25) is 5.02 Å². The number of halogens is 1. The second-order valence-corrected chi connectivity index (χ2v) is 8.60. The number of hydrogen-bond donors (Lipinski definition) is 1. The van der Waals surface area contributed by atoms with E-state index in [2.05, 4.69) is 16.3 Å². The van der Waals surface area contributed by atoms with Gasteiger partial charge in [-0.3, -0.25) is 9.71 Å². The Hall–Kier alpha value is -3.09. The third-order valence-corrected chi connectivity index (χ3v) is 6.41. The molecule has 0 aliphatic heterocycles. The minimum absolute atomic E-state index is 0.458. The average Bonchev–Trinajstić information content (AvgIpc) is 2.74. The molecular formula is C23H21ClN2O3S. The summed E-state index contributed by atoms with van der Waals surface area (Å²) in [5, 5.41) is -0.409. The molecule has 5 nitrogen and oxygen atoms in total. The van der Waals surface area contributed by atoms with Crippen molar-refractivity contribution in [1.29, 1.82) is 0 Å². The molecule has 3 rings (SSSR count). The maximum atomic E-state index is 13.1. The average molecular weight is 441 g/mol. The summed E-state index contributed by atoms with van der Waals surface area (Å²) in [7, 11) is -2.23. The predicted octanol–water partition coefficient (Wildman–Crippen LogP) is 5.58. The molecule has 0 aliphatic carbocycles. The van der Waals surface area contributed by atoms with Gasteiger partial charge < -0.3 is 4.74 Å². The maximum Gasteiger partial charge on any atom is 0.243 e. The van der Waals surface area contributed by atoms with E-state index in [9.17, 15) is 8.42 Å². The molecular weight excluding hydrogens is 420 g/mol. The zero-order chi connectivity index (χ0) is 21.6. The minimum Gasteiger partial charge on any atom is -0.497 e. The van der Waals surface area contributed by atoms with Crippen LogP contribution in [0.3, 0.4) is 0 Å². The van der Waals surface area contributed by atoms with Gasteiger partial charge in [0.15, 0.2) is 0 Å². The summed E-state index contributed by atoms with van der Waals surface area (Å²) < 4.78 is 34.0. The van der Waals surface area contributed by atoms with Gasteiger partial charge in [0, 0.05) is 12.4 Å². The number of nitrogens with one attached hydrogen (secondary N) is 1. The second kappa shape index (κ2) is 9.61. The van der Waals surface area contributed by atoms with Gasteiger partial charge in [-0.15, -0.1) is 6.58 Å². The molecule has 0 spiro atoms. The molecule has 1 unspecified atom stereocenters. The van der Waals surface area contributed by atoms with Crippen molar-refractivity contribution in [2.75, 3.05) is 11.8 Å². The topological polar surface area (TPSA) is 68.3 Å².